The number of nitrogens with two attached hydrogens (primary N) is 1. The molecule has 1 aromatic carbocycles. The third-order valence-electron chi connectivity index (χ3n) is 2.81. The molecular formula is C12H15FN2O2. The van der Waals surface area contributed by atoms with Gasteiger partial charge in [-0.3, -0.25) is 4.79 Å². The predicted octanol–water partition coefficient (Wildman–Crippen LogP) is 1.27. The Morgan fingerprint density at radius 3 is 3.06 bits per heavy atom. The molecule has 1 heterocycles. The fourth-order valence-electron chi connectivity index (χ4n) is 1.90. The Hall–Kier alpha value is -1.62. The maximum atomic E-state index is 13.3. The first-order valence-corrected chi connectivity index (χ1v) is 5.54. The molecule has 0 saturated carbocycles. The number of benzene rings is 1. The smallest absolute Gasteiger partial charge is 0.256 e. The number of carbonyl (C=O) groups is 1. The van der Waals surface area contributed by atoms with Crippen LogP contribution < -0.4 is 5.73 Å². The first-order valence-electron chi connectivity index (χ1n) is 5.54. The zero-order valence-electron chi connectivity index (χ0n) is 9.65. The molecule has 0 spiro atoms. The second-order valence-electron chi connectivity index (χ2n) is 4.13. The van der Waals surface area contributed by atoms with Crippen LogP contribution in [-0.4, -0.2) is 36.6 Å². The molecule has 2 rings (SSSR count). The Morgan fingerprint density at radius 1 is 1.59 bits per heavy atom. The minimum Gasteiger partial charge on any atom is -0.396 e. The number of hydrogen-bond acceptors (Lipinski definition) is 3. The van der Waals surface area contributed by atoms with Crippen molar-refractivity contribution in [2.75, 3.05) is 25.4 Å². The van der Waals surface area contributed by atoms with Crippen LogP contribution in [0.1, 0.15) is 17.3 Å². The molecule has 1 unspecified atom stereocenters. The number of morpholine rings is 1. The van der Waals surface area contributed by atoms with E-state index in [-0.39, 0.29) is 23.3 Å². The first-order chi connectivity index (χ1) is 8.09. The van der Waals surface area contributed by atoms with Gasteiger partial charge in [0.15, 0.2) is 0 Å². The number of amides is 1. The van der Waals surface area contributed by atoms with E-state index in [1.807, 2.05) is 6.92 Å². The summed E-state index contributed by atoms with van der Waals surface area (Å²) in [5.74, 6) is -0.797. The monoisotopic (exact) mass is 238 g/mol. The molecule has 0 aromatic heterocycles. The maximum absolute atomic E-state index is 13.3. The number of anilines is 1. The molecule has 2 N–H and O–H groups in total. The van der Waals surface area contributed by atoms with Crippen LogP contribution in [0.5, 0.6) is 0 Å². The van der Waals surface area contributed by atoms with Gasteiger partial charge in [0.2, 0.25) is 0 Å². The summed E-state index contributed by atoms with van der Waals surface area (Å²) in [5.41, 5.74) is 5.71. The molecule has 1 saturated heterocycles. The largest absolute Gasteiger partial charge is 0.396 e. The number of ether oxygens (including phenoxy) is 1. The van der Waals surface area contributed by atoms with Crippen molar-refractivity contribution in [2.45, 2.75) is 13.0 Å². The molecule has 1 aliphatic rings. The van der Waals surface area contributed by atoms with Crippen LogP contribution in [0.4, 0.5) is 10.1 Å². The Bertz CT molecular complexity index is 437. The van der Waals surface area contributed by atoms with Gasteiger partial charge in [0.1, 0.15) is 5.82 Å². The van der Waals surface area contributed by atoms with Gasteiger partial charge < -0.3 is 15.4 Å². The first kappa shape index (κ1) is 11.9. The highest BCUT2D eigenvalue weighted by molar-refractivity contribution is 5.99. The van der Waals surface area contributed by atoms with Crippen molar-refractivity contribution in [1.29, 1.82) is 0 Å². The van der Waals surface area contributed by atoms with Gasteiger partial charge in [-0.05, 0) is 19.1 Å². The van der Waals surface area contributed by atoms with E-state index in [0.29, 0.717) is 19.7 Å². The maximum Gasteiger partial charge on any atom is 0.256 e. The lowest BCUT2D eigenvalue weighted by Crippen LogP contribution is -2.44. The SMILES string of the molecule is CC1CN(C(=O)c2cccc(F)c2N)CCO1. The molecule has 5 heteroatoms. The van der Waals surface area contributed by atoms with E-state index < -0.39 is 5.82 Å². The number of para-hydroxylation sites is 1. The van der Waals surface area contributed by atoms with Crippen molar-refractivity contribution in [2.24, 2.45) is 0 Å². The normalized spacial score (nSPS) is 20.4. The molecule has 1 amide bonds. The molecule has 0 bridgehead atoms. The summed E-state index contributed by atoms with van der Waals surface area (Å²) in [6.45, 7) is 3.42. The highest BCUT2D eigenvalue weighted by atomic mass is 19.1. The van der Waals surface area contributed by atoms with Gasteiger partial charge in [0.25, 0.3) is 5.91 Å². The summed E-state index contributed by atoms with van der Waals surface area (Å²) < 4.78 is 18.6. The van der Waals surface area contributed by atoms with Gasteiger partial charge >= 0.3 is 0 Å². The third kappa shape index (κ3) is 2.39. The number of rotatable bonds is 1. The number of hydrogen-bond donors (Lipinski definition) is 1. The quantitative estimate of drug-likeness (QED) is 0.749. The molecule has 0 radical (unpaired) electrons. The van der Waals surface area contributed by atoms with Crippen LogP contribution in [0.3, 0.4) is 0 Å². The number of carbonyl (C=O) groups excluding carboxylic acids is 1. The van der Waals surface area contributed by atoms with E-state index in [4.69, 9.17) is 10.5 Å². The van der Waals surface area contributed by atoms with Gasteiger partial charge in [-0.15, -0.1) is 0 Å². The second-order valence-corrected chi connectivity index (χ2v) is 4.13. The van der Waals surface area contributed by atoms with E-state index in [9.17, 15) is 9.18 Å². The number of nitrogens with zero attached hydrogens (tertiary/aromatic N) is 1. The van der Waals surface area contributed by atoms with E-state index >= 15 is 0 Å². The average molecular weight is 238 g/mol. The molecule has 4 nitrogen and oxygen atoms in total. The Morgan fingerprint density at radius 2 is 2.35 bits per heavy atom. The lowest BCUT2D eigenvalue weighted by Gasteiger charge is -2.31. The van der Waals surface area contributed by atoms with E-state index in [1.54, 1.807) is 11.0 Å². The zero-order chi connectivity index (χ0) is 12.4. The topological polar surface area (TPSA) is 55.6 Å². The fourth-order valence-corrected chi connectivity index (χ4v) is 1.90. The average Bonchev–Trinajstić information content (AvgIpc) is 2.32. The predicted molar refractivity (Wildman–Crippen MR) is 62.1 cm³/mol. The second kappa shape index (κ2) is 4.71. The van der Waals surface area contributed by atoms with E-state index in [2.05, 4.69) is 0 Å². The molecule has 1 fully saturated rings. The highest BCUT2D eigenvalue weighted by Crippen LogP contribution is 2.19. The van der Waals surface area contributed by atoms with Crippen molar-refractivity contribution in [3.63, 3.8) is 0 Å². The third-order valence-corrected chi connectivity index (χ3v) is 2.81. The van der Waals surface area contributed by atoms with Crippen LogP contribution in [0.25, 0.3) is 0 Å². The van der Waals surface area contributed by atoms with Crippen LogP contribution in [0.2, 0.25) is 0 Å². The van der Waals surface area contributed by atoms with Crippen molar-refractivity contribution >= 4 is 11.6 Å². The lowest BCUT2D eigenvalue weighted by molar-refractivity contribution is -0.0123. The van der Waals surface area contributed by atoms with Crippen molar-refractivity contribution in [1.82, 2.24) is 4.90 Å². The van der Waals surface area contributed by atoms with Crippen molar-refractivity contribution in [3.8, 4) is 0 Å². The molecule has 17 heavy (non-hydrogen) atoms. The van der Waals surface area contributed by atoms with Gasteiger partial charge in [-0.2, -0.15) is 0 Å². The van der Waals surface area contributed by atoms with E-state index in [1.165, 1.54) is 12.1 Å². The van der Waals surface area contributed by atoms with Crippen molar-refractivity contribution in [3.05, 3.63) is 29.6 Å². The summed E-state index contributed by atoms with van der Waals surface area (Å²) in [4.78, 5) is 13.8. The summed E-state index contributed by atoms with van der Waals surface area (Å²) in [6, 6.07) is 4.28. The van der Waals surface area contributed by atoms with Gasteiger partial charge in [0, 0.05) is 13.1 Å². The number of nitrogen functional groups attached to an aromatic ring is 1. The zero-order valence-corrected chi connectivity index (χ0v) is 9.65. The lowest BCUT2D eigenvalue weighted by atomic mass is 10.1. The minimum atomic E-state index is -0.558. The van der Waals surface area contributed by atoms with Gasteiger partial charge in [0.05, 0.1) is 24.0 Å². The molecule has 1 aromatic rings. The van der Waals surface area contributed by atoms with Gasteiger partial charge in [-0.25, -0.2) is 4.39 Å². The van der Waals surface area contributed by atoms with Crippen LogP contribution in [-0.2, 0) is 4.74 Å². The molecule has 1 aliphatic heterocycles. The van der Waals surface area contributed by atoms with Gasteiger partial charge in [-0.1, -0.05) is 6.07 Å². The fraction of sp³-hybridized carbons (Fsp3) is 0.417. The Kier molecular flexibility index (Phi) is 3.28. The highest BCUT2D eigenvalue weighted by Gasteiger charge is 2.24. The summed E-state index contributed by atoms with van der Waals surface area (Å²) >= 11 is 0. The van der Waals surface area contributed by atoms with Crippen LogP contribution in [0.15, 0.2) is 18.2 Å². The summed E-state index contributed by atoms with van der Waals surface area (Å²) in [7, 11) is 0. The number of halogens is 1. The minimum absolute atomic E-state index is 0.00230. The molecule has 1 atom stereocenters. The summed E-state index contributed by atoms with van der Waals surface area (Å²) in [5, 5.41) is 0. The molecule has 92 valence electrons. The van der Waals surface area contributed by atoms with Crippen molar-refractivity contribution < 1.29 is 13.9 Å². The summed E-state index contributed by atoms with van der Waals surface area (Å²) in [6.07, 6.45) is 0.00230. The standard InChI is InChI=1S/C12H15FN2O2/c1-8-7-15(5-6-17-8)12(16)9-3-2-4-10(13)11(9)14/h2-4,8H,5-7,14H2,1H3. The Balaban J connectivity index is 2.22. The Labute approximate surface area is 99.2 Å². The van der Waals surface area contributed by atoms with Crippen LogP contribution in [0, 0.1) is 5.82 Å². The molecular weight excluding hydrogens is 223 g/mol. The molecule has 0 aliphatic carbocycles. The van der Waals surface area contributed by atoms with E-state index in [0.717, 1.165) is 0 Å². The van der Waals surface area contributed by atoms with Crippen LogP contribution >= 0.6 is 0 Å².